The molecule has 1 saturated carbocycles. The van der Waals surface area contributed by atoms with Crippen LogP contribution in [0.2, 0.25) is 0 Å². The third kappa shape index (κ3) is 4.15. The first-order valence-corrected chi connectivity index (χ1v) is 18.7. The molecule has 248 valence electrons. The van der Waals surface area contributed by atoms with Gasteiger partial charge in [-0.3, -0.25) is 0 Å². The zero-order valence-corrected chi connectivity index (χ0v) is 30.1. The molecular weight excluding hydrogens is 615 g/mol. The van der Waals surface area contributed by atoms with E-state index in [1.54, 1.807) is 0 Å². The zero-order chi connectivity index (χ0) is 34.5. The van der Waals surface area contributed by atoms with Crippen LogP contribution < -0.4 is 4.90 Å². The van der Waals surface area contributed by atoms with Gasteiger partial charge in [-0.15, -0.1) is 0 Å². The van der Waals surface area contributed by atoms with E-state index in [1.807, 2.05) is 0 Å². The van der Waals surface area contributed by atoms with Crippen molar-refractivity contribution in [3.63, 3.8) is 0 Å². The van der Waals surface area contributed by atoms with Crippen LogP contribution in [0.4, 0.5) is 11.4 Å². The Morgan fingerprint density at radius 1 is 0.490 bits per heavy atom. The highest BCUT2D eigenvalue weighted by Crippen LogP contribution is 2.63. The monoisotopic (exact) mass is 657 g/mol. The molecule has 0 spiro atoms. The fourth-order valence-corrected chi connectivity index (χ4v) is 10.3. The van der Waals surface area contributed by atoms with Crippen LogP contribution in [0.1, 0.15) is 56.2 Å². The van der Waals surface area contributed by atoms with Gasteiger partial charge in [0, 0.05) is 16.8 Å². The first kappa shape index (κ1) is 30.4. The molecule has 10 rings (SSSR count). The van der Waals surface area contributed by atoms with E-state index in [0.29, 0.717) is 0 Å². The molecule has 0 saturated heterocycles. The number of para-hydroxylation sites is 1. The largest absolute Gasteiger partial charge is 0.334 e. The third-order valence-corrected chi connectivity index (χ3v) is 13.2. The van der Waals surface area contributed by atoms with E-state index in [0.717, 1.165) is 0 Å². The fraction of sp³-hybridized carbons (Fsp3) is 0.200. The second-order valence-electron chi connectivity index (χ2n) is 15.6. The molecule has 0 N–H and O–H groups in total. The minimum atomic E-state index is 0.0104. The summed E-state index contributed by atoms with van der Waals surface area (Å²) in [6.45, 7) is 9.87. The quantitative estimate of drug-likeness (QED) is 0.170. The van der Waals surface area contributed by atoms with Crippen LogP contribution in [0.25, 0.3) is 65.7 Å². The number of fused-ring (bicyclic) bond motifs is 3. The molecule has 8 aromatic rings. The average molecular weight is 658 g/mol. The lowest BCUT2D eigenvalue weighted by Crippen LogP contribution is -2.54. The molecule has 51 heavy (non-hydrogen) atoms. The van der Waals surface area contributed by atoms with E-state index in [9.17, 15) is 0 Å². The van der Waals surface area contributed by atoms with Gasteiger partial charge >= 0.3 is 0 Å². The number of hydrogen-bond donors (Lipinski definition) is 0. The lowest BCUT2D eigenvalue weighted by molar-refractivity contribution is 0.195. The van der Waals surface area contributed by atoms with Crippen LogP contribution in [0.15, 0.2) is 140 Å². The van der Waals surface area contributed by atoms with E-state index >= 15 is 0 Å². The Bertz CT molecular complexity index is 2620. The maximum Gasteiger partial charge on any atom is 0.0518 e. The fourth-order valence-electron chi connectivity index (χ4n) is 10.3. The molecule has 2 aliphatic rings. The Kier molecular flexibility index (Phi) is 6.59. The standard InChI is InChI=1S/C50H43N/c1-32-33(2)48-45(49(3)28-14-15-29-50(49,4)51(48)37-20-12-7-13-21-37)31-42(32)44-30-43(35-18-10-6-11-19-35)40-25-23-36-22-24-38(34-16-8-5-9-17-34)39-26-27-41(44)47(40)46(36)39/h5-13,16-27,30-31H,14-15,28-29H2,1-4H3. The van der Waals surface area contributed by atoms with Crippen molar-refractivity contribution in [2.45, 2.75) is 64.3 Å². The Morgan fingerprint density at radius 3 is 1.76 bits per heavy atom. The Hall–Kier alpha value is -5.40. The molecule has 1 heterocycles. The van der Waals surface area contributed by atoms with E-state index < -0.39 is 0 Å². The van der Waals surface area contributed by atoms with Gasteiger partial charge in [0.1, 0.15) is 0 Å². The van der Waals surface area contributed by atoms with Crippen molar-refractivity contribution in [1.29, 1.82) is 0 Å². The van der Waals surface area contributed by atoms with Crippen LogP contribution in [-0.4, -0.2) is 5.54 Å². The topological polar surface area (TPSA) is 3.24 Å². The molecule has 2 unspecified atom stereocenters. The molecule has 1 aliphatic carbocycles. The van der Waals surface area contributed by atoms with Crippen molar-refractivity contribution >= 4 is 43.7 Å². The summed E-state index contributed by atoms with van der Waals surface area (Å²) < 4.78 is 0. The normalized spacial score (nSPS) is 20.0. The molecule has 0 aromatic heterocycles. The molecule has 1 nitrogen and oxygen atoms in total. The van der Waals surface area contributed by atoms with Crippen molar-refractivity contribution in [3.05, 3.63) is 156 Å². The molecule has 2 atom stereocenters. The molecule has 8 aromatic carbocycles. The van der Waals surface area contributed by atoms with Crippen molar-refractivity contribution < 1.29 is 0 Å². The molecule has 0 radical (unpaired) electrons. The summed E-state index contributed by atoms with van der Waals surface area (Å²) in [6, 6.07) is 52.4. The van der Waals surface area contributed by atoms with E-state index in [1.165, 1.54) is 119 Å². The Labute approximate surface area is 301 Å². The average Bonchev–Trinajstić information content (AvgIpc) is 3.39. The van der Waals surface area contributed by atoms with E-state index in [4.69, 9.17) is 0 Å². The summed E-state index contributed by atoms with van der Waals surface area (Å²) in [6.07, 6.45) is 4.95. The smallest absolute Gasteiger partial charge is 0.0518 e. The van der Waals surface area contributed by atoms with Gasteiger partial charge in [0.15, 0.2) is 0 Å². The van der Waals surface area contributed by atoms with Crippen molar-refractivity contribution in [1.82, 2.24) is 0 Å². The van der Waals surface area contributed by atoms with Crippen LogP contribution in [0.3, 0.4) is 0 Å². The summed E-state index contributed by atoms with van der Waals surface area (Å²) in [5.41, 5.74) is 14.9. The number of hydrogen-bond acceptors (Lipinski definition) is 1. The first-order chi connectivity index (χ1) is 24.9. The molecule has 0 amide bonds. The van der Waals surface area contributed by atoms with Gasteiger partial charge in [0.25, 0.3) is 0 Å². The molecule has 0 bridgehead atoms. The van der Waals surface area contributed by atoms with Crippen LogP contribution in [-0.2, 0) is 5.41 Å². The van der Waals surface area contributed by atoms with Gasteiger partial charge in [0.05, 0.1) is 5.54 Å². The zero-order valence-electron chi connectivity index (χ0n) is 30.1. The van der Waals surface area contributed by atoms with Gasteiger partial charge in [-0.25, -0.2) is 0 Å². The highest BCUT2D eigenvalue weighted by molar-refractivity contribution is 6.30. The summed E-state index contributed by atoms with van der Waals surface area (Å²) >= 11 is 0. The van der Waals surface area contributed by atoms with Crippen LogP contribution in [0, 0.1) is 13.8 Å². The maximum atomic E-state index is 2.73. The summed E-state index contributed by atoms with van der Waals surface area (Å²) in [5, 5.41) is 8.01. The van der Waals surface area contributed by atoms with Gasteiger partial charge in [-0.2, -0.15) is 0 Å². The predicted molar refractivity (Wildman–Crippen MR) is 219 cm³/mol. The lowest BCUT2D eigenvalue weighted by Gasteiger charge is -2.50. The van der Waals surface area contributed by atoms with Crippen LogP contribution in [0.5, 0.6) is 0 Å². The summed E-state index contributed by atoms with van der Waals surface area (Å²) in [4.78, 5) is 2.73. The summed E-state index contributed by atoms with van der Waals surface area (Å²) in [7, 11) is 0. The van der Waals surface area contributed by atoms with Crippen molar-refractivity contribution in [3.8, 4) is 33.4 Å². The predicted octanol–water partition coefficient (Wildman–Crippen LogP) is 13.9. The third-order valence-electron chi connectivity index (χ3n) is 13.2. The van der Waals surface area contributed by atoms with Crippen LogP contribution >= 0.6 is 0 Å². The van der Waals surface area contributed by atoms with Crippen molar-refractivity contribution in [2.75, 3.05) is 4.90 Å². The lowest BCUT2D eigenvalue weighted by atomic mass is 9.61. The molecule has 1 heteroatoms. The number of benzene rings is 8. The minimum absolute atomic E-state index is 0.0104. The maximum absolute atomic E-state index is 2.73. The number of nitrogens with zero attached hydrogens (tertiary/aromatic N) is 1. The molecule has 1 fully saturated rings. The number of anilines is 2. The second-order valence-corrected chi connectivity index (χ2v) is 15.6. The number of rotatable bonds is 4. The molecule has 1 aliphatic heterocycles. The van der Waals surface area contributed by atoms with Gasteiger partial charge < -0.3 is 4.90 Å². The van der Waals surface area contributed by atoms with E-state index in [-0.39, 0.29) is 11.0 Å². The van der Waals surface area contributed by atoms with Gasteiger partial charge in [0.2, 0.25) is 0 Å². The highest BCUT2D eigenvalue weighted by atomic mass is 15.3. The minimum Gasteiger partial charge on any atom is -0.334 e. The SMILES string of the molecule is Cc1c(-c2cc(-c3ccccc3)c3ccc4ccc(-c5ccccc5)c5ccc2c3c45)cc2c(c1C)N(c1ccccc1)C1(C)CCCCC21C. The van der Waals surface area contributed by atoms with Gasteiger partial charge in [-0.1, -0.05) is 135 Å². The summed E-state index contributed by atoms with van der Waals surface area (Å²) in [5.74, 6) is 0. The highest BCUT2D eigenvalue weighted by Gasteiger charge is 2.58. The van der Waals surface area contributed by atoms with Gasteiger partial charge in [-0.05, 0) is 140 Å². The van der Waals surface area contributed by atoms with E-state index in [2.05, 4.69) is 172 Å². The Balaban J connectivity index is 1.31. The second kappa shape index (κ2) is 11.0. The Morgan fingerprint density at radius 2 is 1.06 bits per heavy atom. The van der Waals surface area contributed by atoms with Crippen molar-refractivity contribution in [2.24, 2.45) is 0 Å². The first-order valence-electron chi connectivity index (χ1n) is 18.7. The molecular formula is C50H43N.